The summed E-state index contributed by atoms with van der Waals surface area (Å²) in [4.78, 5) is 25.3. The van der Waals surface area contributed by atoms with Gasteiger partial charge in [-0.3, -0.25) is 0 Å². The first-order valence-electron chi connectivity index (χ1n) is 10.1. The minimum Gasteiger partial charge on any atom is -0.463 e. The second kappa shape index (κ2) is 9.70. The Morgan fingerprint density at radius 1 is 0.844 bits per heavy atom. The molecule has 160 valence electrons. The Hall–Kier alpha value is -4.26. The van der Waals surface area contributed by atoms with Gasteiger partial charge in [0.05, 0.1) is 12.2 Å². The highest BCUT2D eigenvalue weighted by molar-refractivity contribution is 5.92. The van der Waals surface area contributed by atoms with Gasteiger partial charge in [0.2, 0.25) is 17.9 Å². The van der Waals surface area contributed by atoms with E-state index in [9.17, 15) is 9.59 Å². The van der Waals surface area contributed by atoms with E-state index in [1.807, 2.05) is 36.4 Å². The number of aromatic nitrogens is 2. The molecular formula is C25H20N2O5. The van der Waals surface area contributed by atoms with Gasteiger partial charge < -0.3 is 13.9 Å². The van der Waals surface area contributed by atoms with E-state index in [2.05, 4.69) is 10.2 Å². The first kappa shape index (κ1) is 21.0. The summed E-state index contributed by atoms with van der Waals surface area (Å²) in [6, 6.07) is 24.7. The summed E-state index contributed by atoms with van der Waals surface area (Å²) in [6.45, 7) is 1.87. The minimum atomic E-state index is -1.17. The number of nitrogens with zero attached hydrogens (tertiary/aromatic N) is 2. The molecule has 0 radical (unpaired) electrons. The van der Waals surface area contributed by atoms with Gasteiger partial charge in [-0.15, -0.1) is 10.2 Å². The highest BCUT2D eigenvalue weighted by atomic mass is 16.6. The van der Waals surface area contributed by atoms with Crippen LogP contribution in [0.25, 0.3) is 22.9 Å². The lowest BCUT2D eigenvalue weighted by Gasteiger charge is -2.17. The molecular weight excluding hydrogens is 408 g/mol. The summed E-state index contributed by atoms with van der Waals surface area (Å²) in [5.74, 6) is -0.660. The van der Waals surface area contributed by atoms with Crippen molar-refractivity contribution in [1.29, 1.82) is 0 Å². The van der Waals surface area contributed by atoms with E-state index >= 15 is 0 Å². The highest BCUT2D eigenvalue weighted by Crippen LogP contribution is 2.26. The molecule has 4 rings (SSSR count). The average molecular weight is 428 g/mol. The molecule has 0 saturated carbocycles. The fourth-order valence-corrected chi connectivity index (χ4v) is 3.09. The highest BCUT2D eigenvalue weighted by Gasteiger charge is 2.27. The van der Waals surface area contributed by atoms with Crippen molar-refractivity contribution in [3.05, 3.63) is 96.1 Å². The quantitative estimate of drug-likeness (QED) is 0.388. The molecule has 0 fully saturated rings. The zero-order valence-corrected chi connectivity index (χ0v) is 17.3. The van der Waals surface area contributed by atoms with Crippen LogP contribution in [0.4, 0.5) is 0 Å². The van der Waals surface area contributed by atoms with Gasteiger partial charge in [-0.2, -0.15) is 0 Å². The van der Waals surface area contributed by atoms with Gasteiger partial charge in [0, 0.05) is 16.7 Å². The Bertz CT molecular complexity index is 1210. The van der Waals surface area contributed by atoms with Crippen LogP contribution in [0.3, 0.4) is 0 Å². The van der Waals surface area contributed by atoms with E-state index in [4.69, 9.17) is 13.9 Å². The van der Waals surface area contributed by atoms with Crippen molar-refractivity contribution >= 4 is 11.9 Å². The van der Waals surface area contributed by atoms with Crippen LogP contribution in [-0.2, 0) is 14.3 Å². The number of rotatable bonds is 7. The van der Waals surface area contributed by atoms with Crippen molar-refractivity contribution in [2.75, 3.05) is 6.61 Å². The Balaban J connectivity index is 1.57. The van der Waals surface area contributed by atoms with Gasteiger partial charge in [-0.25, -0.2) is 9.59 Å². The van der Waals surface area contributed by atoms with Gasteiger partial charge >= 0.3 is 11.9 Å². The van der Waals surface area contributed by atoms with Crippen LogP contribution in [0, 0.1) is 0 Å². The Kier molecular flexibility index (Phi) is 6.36. The zero-order valence-electron chi connectivity index (χ0n) is 17.3. The molecule has 0 bridgehead atoms. The molecule has 3 aromatic carbocycles. The molecule has 0 aliphatic heterocycles. The zero-order chi connectivity index (χ0) is 22.3. The number of hydrogen-bond donors (Lipinski definition) is 0. The van der Waals surface area contributed by atoms with Crippen LogP contribution in [-0.4, -0.2) is 28.7 Å². The van der Waals surface area contributed by atoms with E-state index < -0.39 is 18.0 Å². The van der Waals surface area contributed by atoms with Crippen LogP contribution >= 0.6 is 0 Å². The first-order chi connectivity index (χ1) is 15.7. The van der Waals surface area contributed by atoms with Crippen LogP contribution in [0.5, 0.6) is 0 Å². The summed E-state index contributed by atoms with van der Waals surface area (Å²) >= 11 is 0. The van der Waals surface area contributed by atoms with Crippen LogP contribution in [0.15, 0.2) is 89.3 Å². The van der Waals surface area contributed by atoms with E-state index in [1.165, 1.54) is 0 Å². The molecule has 0 N–H and O–H groups in total. The maximum Gasteiger partial charge on any atom is 0.352 e. The van der Waals surface area contributed by atoms with Crippen molar-refractivity contribution < 1.29 is 23.5 Å². The monoisotopic (exact) mass is 428 g/mol. The Morgan fingerprint density at radius 2 is 1.47 bits per heavy atom. The van der Waals surface area contributed by atoms with Gasteiger partial charge in [0.15, 0.2) is 0 Å². The second-order valence-electron chi connectivity index (χ2n) is 6.81. The molecule has 0 spiro atoms. The number of carbonyl (C=O) groups is 2. The van der Waals surface area contributed by atoms with Crippen LogP contribution in [0.1, 0.15) is 28.9 Å². The second-order valence-corrected chi connectivity index (χ2v) is 6.81. The third kappa shape index (κ3) is 4.73. The number of benzene rings is 3. The summed E-state index contributed by atoms with van der Waals surface area (Å²) in [7, 11) is 0. The molecule has 0 aliphatic rings. The van der Waals surface area contributed by atoms with Crippen molar-refractivity contribution in [2.45, 2.75) is 13.0 Å². The number of carbonyl (C=O) groups excluding carboxylic acids is 2. The Labute approximate surface area is 184 Å². The number of ether oxygens (including phenoxy) is 2. The average Bonchev–Trinajstić information content (AvgIpc) is 3.34. The van der Waals surface area contributed by atoms with Gasteiger partial charge in [-0.1, -0.05) is 54.6 Å². The van der Waals surface area contributed by atoms with Crippen molar-refractivity contribution in [1.82, 2.24) is 10.2 Å². The molecule has 0 amide bonds. The lowest BCUT2D eigenvalue weighted by Crippen LogP contribution is -2.22. The standard InChI is InChI=1S/C25H20N2O5/c1-2-30-25(29)21(17-10-5-3-6-11-17)31-24(28)20-15-9-14-19(16-20)23-27-26-22(32-23)18-12-7-4-8-13-18/h3-16,21H,2H2,1H3. The smallest absolute Gasteiger partial charge is 0.352 e. The van der Waals surface area contributed by atoms with Crippen LogP contribution < -0.4 is 0 Å². The SMILES string of the molecule is CCOC(=O)C(OC(=O)c1cccc(-c2nnc(-c3ccccc3)o2)c1)c1ccccc1. The predicted octanol–water partition coefficient (Wildman–Crippen LogP) is 4.86. The fraction of sp³-hybridized carbons (Fsp3) is 0.120. The molecule has 1 unspecified atom stereocenters. The molecule has 1 aromatic heterocycles. The molecule has 1 atom stereocenters. The maximum atomic E-state index is 12.9. The summed E-state index contributed by atoms with van der Waals surface area (Å²) in [6.07, 6.45) is -1.17. The molecule has 4 aromatic rings. The van der Waals surface area contributed by atoms with Gasteiger partial charge in [0.1, 0.15) is 0 Å². The molecule has 32 heavy (non-hydrogen) atoms. The maximum absolute atomic E-state index is 12.9. The molecule has 1 heterocycles. The van der Waals surface area contributed by atoms with Crippen molar-refractivity contribution in [3.63, 3.8) is 0 Å². The third-order valence-corrected chi connectivity index (χ3v) is 4.62. The molecule has 0 saturated heterocycles. The molecule has 0 aliphatic carbocycles. The normalized spacial score (nSPS) is 11.5. The first-order valence-corrected chi connectivity index (χ1v) is 10.1. The number of hydrogen-bond acceptors (Lipinski definition) is 7. The summed E-state index contributed by atoms with van der Waals surface area (Å²) < 4.78 is 16.4. The van der Waals surface area contributed by atoms with E-state index in [1.54, 1.807) is 55.5 Å². The lowest BCUT2D eigenvalue weighted by atomic mass is 10.1. The van der Waals surface area contributed by atoms with Crippen molar-refractivity contribution in [3.8, 4) is 22.9 Å². The van der Waals surface area contributed by atoms with Crippen LogP contribution in [0.2, 0.25) is 0 Å². The minimum absolute atomic E-state index is 0.177. The number of esters is 2. The van der Waals surface area contributed by atoms with E-state index in [-0.39, 0.29) is 18.1 Å². The van der Waals surface area contributed by atoms with Gasteiger partial charge in [-0.05, 0) is 37.3 Å². The summed E-state index contributed by atoms with van der Waals surface area (Å²) in [5.41, 5.74) is 2.12. The Morgan fingerprint density at radius 3 is 2.16 bits per heavy atom. The molecule has 7 nitrogen and oxygen atoms in total. The topological polar surface area (TPSA) is 91.5 Å². The lowest BCUT2D eigenvalue weighted by molar-refractivity contribution is -0.153. The van der Waals surface area contributed by atoms with Gasteiger partial charge in [0.25, 0.3) is 0 Å². The van der Waals surface area contributed by atoms with E-state index in [0.717, 1.165) is 5.56 Å². The predicted molar refractivity (Wildman–Crippen MR) is 116 cm³/mol. The van der Waals surface area contributed by atoms with E-state index in [0.29, 0.717) is 17.0 Å². The fourth-order valence-electron chi connectivity index (χ4n) is 3.09. The summed E-state index contributed by atoms with van der Waals surface area (Å²) in [5, 5.41) is 8.16. The largest absolute Gasteiger partial charge is 0.463 e. The van der Waals surface area contributed by atoms with Crippen molar-refractivity contribution in [2.24, 2.45) is 0 Å². The molecule has 7 heteroatoms. The third-order valence-electron chi connectivity index (χ3n) is 4.62.